The Bertz CT molecular complexity index is 1280. The zero-order valence-corrected chi connectivity index (χ0v) is 20.2. The van der Waals surface area contributed by atoms with Crippen LogP contribution in [-0.4, -0.2) is 43.6 Å². The molecule has 4 aromatic rings. The fourth-order valence-corrected chi connectivity index (χ4v) is 5.18. The van der Waals surface area contributed by atoms with Crippen LogP contribution in [0.4, 0.5) is 5.69 Å². The Kier molecular flexibility index (Phi) is 5.44. The Morgan fingerprint density at radius 2 is 2.06 bits per heavy atom. The van der Waals surface area contributed by atoms with Gasteiger partial charge in [0, 0.05) is 24.2 Å². The summed E-state index contributed by atoms with van der Waals surface area (Å²) in [7, 11) is 0. The van der Waals surface area contributed by atoms with Gasteiger partial charge < -0.3 is 15.2 Å². The topological polar surface area (TPSA) is 91.2 Å². The van der Waals surface area contributed by atoms with E-state index in [2.05, 4.69) is 62.7 Å². The van der Waals surface area contributed by atoms with E-state index in [1.807, 2.05) is 25.4 Å². The number of anilines is 1. The van der Waals surface area contributed by atoms with Crippen molar-refractivity contribution in [2.75, 3.05) is 18.0 Å². The number of imidazole rings is 1. The van der Waals surface area contributed by atoms with Gasteiger partial charge >= 0.3 is 0 Å². The minimum atomic E-state index is -0.280. The first-order valence-electron chi connectivity index (χ1n) is 11.3. The lowest BCUT2D eigenvalue weighted by Crippen LogP contribution is -2.37. The van der Waals surface area contributed by atoms with Gasteiger partial charge in [-0.15, -0.1) is 21.5 Å². The number of rotatable bonds is 5. The maximum absolute atomic E-state index is 13.3. The van der Waals surface area contributed by atoms with E-state index in [9.17, 15) is 4.79 Å². The van der Waals surface area contributed by atoms with Crippen LogP contribution in [0.1, 0.15) is 60.7 Å². The molecule has 33 heavy (non-hydrogen) atoms. The highest BCUT2D eigenvalue weighted by Gasteiger charge is 2.28. The molecule has 1 fully saturated rings. The quantitative estimate of drug-likeness (QED) is 0.451. The lowest BCUT2D eigenvalue weighted by molar-refractivity contribution is 0.0938. The molecule has 5 rings (SSSR count). The number of aromatic nitrogens is 5. The van der Waals surface area contributed by atoms with Crippen molar-refractivity contribution in [2.45, 2.75) is 46.6 Å². The maximum Gasteiger partial charge on any atom is 0.253 e. The van der Waals surface area contributed by atoms with Crippen LogP contribution in [0.25, 0.3) is 16.2 Å². The predicted molar refractivity (Wildman–Crippen MR) is 131 cm³/mol. The number of nitrogens with one attached hydrogen (secondary N) is 2. The number of amides is 1. The van der Waals surface area contributed by atoms with Crippen molar-refractivity contribution in [3.05, 3.63) is 53.2 Å². The number of aromatic amines is 1. The van der Waals surface area contributed by atoms with Gasteiger partial charge in [0.1, 0.15) is 6.33 Å². The zero-order valence-electron chi connectivity index (χ0n) is 19.4. The Labute approximate surface area is 197 Å². The molecular weight excluding hydrogens is 434 g/mol. The molecule has 1 amide bonds. The lowest BCUT2D eigenvalue weighted by atomic mass is 9.82. The van der Waals surface area contributed by atoms with Crippen molar-refractivity contribution in [1.29, 1.82) is 0 Å². The first kappa shape index (κ1) is 21.6. The fraction of sp³-hybridized carbons (Fsp3) is 0.417. The summed E-state index contributed by atoms with van der Waals surface area (Å²) in [5.41, 5.74) is 3.82. The van der Waals surface area contributed by atoms with E-state index in [1.54, 1.807) is 11.3 Å². The molecule has 2 N–H and O–H groups in total. The molecule has 1 aliphatic heterocycles. The average molecular weight is 464 g/mol. The summed E-state index contributed by atoms with van der Waals surface area (Å²) in [5.74, 6) is 0.474. The second-order valence-corrected chi connectivity index (χ2v) is 10.9. The van der Waals surface area contributed by atoms with Crippen molar-refractivity contribution in [3.8, 4) is 10.6 Å². The Balaban J connectivity index is 1.56. The molecule has 5 heterocycles. The molecule has 0 aliphatic carbocycles. The van der Waals surface area contributed by atoms with Gasteiger partial charge in [-0.05, 0) is 50.3 Å². The van der Waals surface area contributed by atoms with E-state index in [1.165, 1.54) is 11.2 Å². The normalized spacial score (nSPS) is 16.8. The first-order chi connectivity index (χ1) is 15.8. The number of H-pyrrole nitrogens is 1. The van der Waals surface area contributed by atoms with E-state index in [-0.39, 0.29) is 11.9 Å². The van der Waals surface area contributed by atoms with E-state index < -0.39 is 0 Å². The summed E-state index contributed by atoms with van der Waals surface area (Å²) in [6.45, 7) is 10.5. The van der Waals surface area contributed by atoms with Crippen molar-refractivity contribution >= 4 is 28.6 Å². The van der Waals surface area contributed by atoms with E-state index in [4.69, 9.17) is 4.98 Å². The minimum absolute atomic E-state index is 0.151. The molecule has 4 aromatic heterocycles. The molecule has 9 heteroatoms. The molecular formula is C24H29N7OS. The maximum atomic E-state index is 13.3. The number of piperidine rings is 1. The van der Waals surface area contributed by atoms with Crippen molar-refractivity contribution < 1.29 is 4.79 Å². The van der Waals surface area contributed by atoms with Crippen molar-refractivity contribution in [3.63, 3.8) is 0 Å². The molecule has 172 valence electrons. The number of carbonyl (C=O) groups excluding carboxylic acids is 1. The molecule has 0 radical (unpaired) electrons. The van der Waals surface area contributed by atoms with Gasteiger partial charge in [-0.3, -0.25) is 9.20 Å². The number of hydrogen-bond donors (Lipinski definition) is 2. The highest BCUT2D eigenvalue weighted by atomic mass is 32.1. The SMILES string of the molecule is Cc1ccc(-c2cnc3c(N4CCC(C)(C)CC4)cc(C(=O)N[C@@H](C)c4nnc[nH]4)cn23)s1. The molecule has 0 unspecified atom stereocenters. The second kappa shape index (κ2) is 8.30. The monoisotopic (exact) mass is 463 g/mol. The van der Waals surface area contributed by atoms with Gasteiger partial charge in [-0.25, -0.2) is 4.98 Å². The summed E-state index contributed by atoms with van der Waals surface area (Å²) >= 11 is 1.73. The molecule has 0 aromatic carbocycles. The predicted octanol–water partition coefficient (Wildman–Crippen LogP) is 4.61. The largest absolute Gasteiger partial charge is 0.368 e. The van der Waals surface area contributed by atoms with Gasteiger partial charge in [0.15, 0.2) is 11.5 Å². The van der Waals surface area contributed by atoms with E-state index in [0.29, 0.717) is 16.8 Å². The molecule has 0 spiro atoms. The summed E-state index contributed by atoms with van der Waals surface area (Å²) in [6.07, 6.45) is 7.54. The molecule has 1 saturated heterocycles. The van der Waals surface area contributed by atoms with Crippen molar-refractivity contribution in [1.82, 2.24) is 29.9 Å². The van der Waals surface area contributed by atoms with Crippen molar-refractivity contribution in [2.24, 2.45) is 5.41 Å². The van der Waals surface area contributed by atoms with Gasteiger partial charge in [-0.1, -0.05) is 13.8 Å². The van der Waals surface area contributed by atoms with Crippen LogP contribution in [0.3, 0.4) is 0 Å². The van der Waals surface area contributed by atoms with Gasteiger partial charge in [0.25, 0.3) is 5.91 Å². The van der Waals surface area contributed by atoms with Crippen LogP contribution in [0.2, 0.25) is 0 Å². The number of pyridine rings is 1. The van der Waals surface area contributed by atoms with Crippen LogP contribution >= 0.6 is 11.3 Å². The van der Waals surface area contributed by atoms with Crippen LogP contribution in [0.15, 0.2) is 36.9 Å². The number of fused-ring (bicyclic) bond motifs is 1. The Morgan fingerprint density at radius 3 is 2.73 bits per heavy atom. The lowest BCUT2D eigenvalue weighted by Gasteiger charge is -2.38. The number of carbonyl (C=O) groups is 1. The van der Waals surface area contributed by atoms with E-state index in [0.717, 1.165) is 47.8 Å². The van der Waals surface area contributed by atoms with Gasteiger partial charge in [-0.2, -0.15) is 0 Å². The molecule has 1 atom stereocenters. The third-order valence-corrected chi connectivity index (χ3v) is 7.52. The fourth-order valence-electron chi connectivity index (χ4n) is 4.31. The number of thiophene rings is 1. The number of nitrogens with zero attached hydrogens (tertiary/aromatic N) is 5. The average Bonchev–Trinajstić information content (AvgIpc) is 3.53. The number of hydrogen-bond acceptors (Lipinski definition) is 6. The molecule has 0 saturated carbocycles. The van der Waals surface area contributed by atoms with Crippen LogP contribution < -0.4 is 10.2 Å². The minimum Gasteiger partial charge on any atom is -0.368 e. The van der Waals surface area contributed by atoms with Gasteiger partial charge in [0.2, 0.25) is 0 Å². The smallest absolute Gasteiger partial charge is 0.253 e. The standard InChI is InChI=1S/C24H29N7OS/c1-15-5-6-20(33-15)19-12-25-22-18(30-9-7-24(3,4)8-10-30)11-17(13-31(19)22)23(32)28-16(2)21-26-14-27-29-21/h5-6,11-14,16H,7-10H2,1-4H3,(H,28,32)(H,26,27,29)/t16-/m0/s1. The van der Waals surface area contributed by atoms with Crippen LogP contribution in [0, 0.1) is 12.3 Å². The van der Waals surface area contributed by atoms with E-state index >= 15 is 0 Å². The Hall–Kier alpha value is -3.20. The zero-order chi connectivity index (χ0) is 23.2. The third kappa shape index (κ3) is 4.25. The highest BCUT2D eigenvalue weighted by molar-refractivity contribution is 7.15. The Morgan fingerprint density at radius 1 is 1.27 bits per heavy atom. The first-order valence-corrected chi connectivity index (χ1v) is 12.1. The summed E-state index contributed by atoms with van der Waals surface area (Å²) in [4.78, 5) is 25.8. The van der Waals surface area contributed by atoms with Gasteiger partial charge in [0.05, 0.1) is 34.1 Å². The summed E-state index contributed by atoms with van der Waals surface area (Å²) in [5, 5.41) is 10.9. The van der Waals surface area contributed by atoms with Crippen LogP contribution in [-0.2, 0) is 0 Å². The second-order valence-electron chi connectivity index (χ2n) is 9.58. The summed E-state index contributed by atoms with van der Waals surface area (Å²) in [6, 6.07) is 5.93. The summed E-state index contributed by atoms with van der Waals surface area (Å²) < 4.78 is 2.06. The molecule has 0 bridgehead atoms. The van der Waals surface area contributed by atoms with Crippen LogP contribution in [0.5, 0.6) is 0 Å². The highest BCUT2D eigenvalue weighted by Crippen LogP contribution is 2.36. The molecule has 8 nitrogen and oxygen atoms in total. The number of aryl methyl sites for hydroxylation is 1. The third-order valence-electron chi connectivity index (χ3n) is 6.49. The molecule has 1 aliphatic rings.